The van der Waals surface area contributed by atoms with Gasteiger partial charge in [0, 0.05) is 12.1 Å². The van der Waals surface area contributed by atoms with Crippen molar-refractivity contribution in [1.82, 2.24) is 5.32 Å². The van der Waals surface area contributed by atoms with E-state index in [1.807, 2.05) is 0 Å². The molecule has 0 saturated carbocycles. The fraction of sp³-hybridized carbons (Fsp3) is 0.200. The number of amides is 1. The average molecular weight is 211 g/mol. The Labute approximate surface area is 86.0 Å². The normalized spacial score (nSPS) is 9.47. The summed E-state index contributed by atoms with van der Waals surface area (Å²) in [6.45, 7) is 0.0541. The van der Waals surface area contributed by atoms with Crippen LogP contribution in [0.25, 0.3) is 0 Å². The summed E-state index contributed by atoms with van der Waals surface area (Å²) in [6, 6.07) is 3.95. The quantitative estimate of drug-likeness (QED) is 0.587. The van der Waals surface area contributed by atoms with E-state index in [9.17, 15) is 14.0 Å². The van der Waals surface area contributed by atoms with Crippen molar-refractivity contribution in [2.24, 2.45) is 0 Å². The first-order valence-electron chi connectivity index (χ1n) is 4.22. The second-order valence-electron chi connectivity index (χ2n) is 2.79. The highest BCUT2D eigenvalue weighted by Crippen LogP contribution is 2.18. The lowest BCUT2D eigenvalue weighted by molar-refractivity contribution is -0.131. The third kappa shape index (κ3) is 3.05. The van der Waals surface area contributed by atoms with Gasteiger partial charge < -0.3 is 10.1 Å². The van der Waals surface area contributed by atoms with Crippen molar-refractivity contribution in [1.29, 1.82) is 0 Å². The molecule has 0 radical (unpaired) electrons. The Hall–Kier alpha value is -1.91. The van der Waals surface area contributed by atoms with Crippen LogP contribution in [0.4, 0.5) is 4.39 Å². The molecule has 1 amide bonds. The largest absolute Gasteiger partial charge is 0.496 e. The molecule has 0 aliphatic rings. The fourth-order valence-corrected chi connectivity index (χ4v) is 1.11. The molecular weight excluding hydrogens is 201 g/mol. The highest BCUT2D eigenvalue weighted by molar-refractivity contribution is 6.23. The number of ether oxygens (including phenoxy) is 1. The van der Waals surface area contributed by atoms with Gasteiger partial charge in [-0.25, -0.2) is 4.39 Å². The van der Waals surface area contributed by atoms with E-state index in [0.29, 0.717) is 11.3 Å². The standard InChI is InChI=1S/C10H10FNO3/c1-15-9-3-2-8(11)4-7(9)5-12-10(14)6-13/h2-4,6H,5H2,1H3,(H,12,14). The van der Waals surface area contributed by atoms with Crippen LogP contribution >= 0.6 is 0 Å². The Morgan fingerprint density at radius 1 is 1.60 bits per heavy atom. The van der Waals surface area contributed by atoms with Crippen LogP contribution < -0.4 is 10.1 Å². The summed E-state index contributed by atoms with van der Waals surface area (Å²) >= 11 is 0. The molecule has 0 aliphatic heterocycles. The molecule has 1 aromatic carbocycles. The molecule has 0 aromatic heterocycles. The van der Waals surface area contributed by atoms with Gasteiger partial charge in [-0.2, -0.15) is 0 Å². The molecule has 15 heavy (non-hydrogen) atoms. The van der Waals surface area contributed by atoms with Gasteiger partial charge in [-0.3, -0.25) is 9.59 Å². The van der Waals surface area contributed by atoms with Gasteiger partial charge in [0.1, 0.15) is 11.6 Å². The average Bonchev–Trinajstić information content (AvgIpc) is 2.26. The first kappa shape index (κ1) is 11.2. The second-order valence-corrected chi connectivity index (χ2v) is 2.79. The van der Waals surface area contributed by atoms with Crippen LogP contribution in [0.1, 0.15) is 5.56 Å². The maximum atomic E-state index is 12.9. The van der Waals surface area contributed by atoms with Gasteiger partial charge in [0.05, 0.1) is 7.11 Å². The van der Waals surface area contributed by atoms with Crippen LogP contribution in [0.3, 0.4) is 0 Å². The number of halogens is 1. The van der Waals surface area contributed by atoms with Crippen molar-refractivity contribution in [3.63, 3.8) is 0 Å². The third-order valence-corrected chi connectivity index (χ3v) is 1.80. The van der Waals surface area contributed by atoms with Crippen LogP contribution in [0, 0.1) is 5.82 Å². The Kier molecular flexibility index (Phi) is 3.79. The molecule has 1 rings (SSSR count). The van der Waals surface area contributed by atoms with Crippen LogP contribution in [-0.2, 0) is 16.1 Å². The summed E-state index contributed by atoms with van der Waals surface area (Å²) in [5.74, 6) is -0.713. The van der Waals surface area contributed by atoms with E-state index < -0.39 is 11.7 Å². The van der Waals surface area contributed by atoms with Crippen molar-refractivity contribution in [3.05, 3.63) is 29.6 Å². The number of hydrogen-bond donors (Lipinski definition) is 1. The predicted octanol–water partition coefficient (Wildman–Crippen LogP) is 0.649. The van der Waals surface area contributed by atoms with Crippen LogP contribution in [-0.4, -0.2) is 19.3 Å². The number of carbonyl (C=O) groups is 2. The molecule has 0 fully saturated rings. The maximum Gasteiger partial charge on any atom is 0.284 e. The summed E-state index contributed by atoms with van der Waals surface area (Å²) in [5, 5.41) is 2.30. The molecule has 0 heterocycles. The monoisotopic (exact) mass is 211 g/mol. The molecule has 80 valence electrons. The van der Waals surface area contributed by atoms with Crippen molar-refractivity contribution >= 4 is 12.2 Å². The molecule has 1 N–H and O–H groups in total. The minimum absolute atomic E-state index is 0.0541. The lowest BCUT2D eigenvalue weighted by Crippen LogP contribution is -2.23. The molecule has 1 aromatic rings. The lowest BCUT2D eigenvalue weighted by atomic mass is 10.2. The molecule has 5 heteroatoms. The maximum absolute atomic E-state index is 12.9. The number of benzene rings is 1. The molecule has 0 unspecified atom stereocenters. The zero-order valence-corrected chi connectivity index (χ0v) is 8.12. The van der Waals surface area contributed by atoms with Gasteiger partial charge in [0.15, 0.2) is 0 Å². The first-order chi connectivity index (χ1) is 7.17. The van der Waals surface area contributed by atoms with E-state index in [1.54, 1.807) is 0 Å². The minimum atomic E-state index is -0.749. The highest BCUT2D eigenvalue weighted by Gasteiger charge is 2.05. The van der Waals surface area contributed by atoms with E-state index in [0.717, 1.165) is 0 Å². The number of methoxy groups -OCH3 is 1. The molecule has 0 bridgehead atoms. The van der Waals surface area contributed by atoms with Crippen molar-refractivity contribution in [2.75, 3.05) is 7.11 Å². The molecule has 0 spiro atoms. The second kappa shape index (κ2) is 5.09. The number of rotatable bonds is 4. The smallest absolute Gasteiger partial charge is 0.284 e. The molecule has 4 nitrogen and oxygen atoms in total. The zero-order chi connectivity index (χ0) is 11.3. The van der Waals surface area contributed by atoms with E-state index in [2.05, 4.69) is 5.32 Å². The first-order valence-corrected chi connectivity index (χ1v) is 4.22. The van der Waals surface area contributed by atoms with Crippen molar-refractivity contribution < 1.29 is 18.7 Å². The Morgan fingerprint density at radius 2 is 2.33 bits per heavy atom. The third-order valence-electron chi connectivity index (χ3n) is 1.80. The summed E-state index contributed by atoms with van der Waals surface area (Å²) in [4.78, 5) is 20.7. The van der Waals surface area contributed by atoms with Gasteiger partial charge in [0.2, 0.25) is 6.29 Å². The van der Waals surface area contributed by atoms with E-state index in [-0.39, 0.29) is 12.8 Å². The summed E-state index contributed by atoms with van der Waals surface area (Å²) in [5.41, 5.74) is 0.479. The lowest BCUT2D eigenvalue weighted by Gasteiger charge is -2.08. The number of nitrogens with one attached hydrogen (secondary N) is 1. The number of hydrogen-bond acceptors (Lipinski definition) is 3. The van der Waals surface area contributed by atoms with Gasteiger partial charge >= 0.3 is 0 Å². The Morgan fingerprint density at radius 3 is 2.93 bits per heavy atom. The molecule has 0 saturated heterocycles. The SMILES string of the molecule is COc1ccc(F)cc1CNC(=O)C=O. The van der Waals surface area contributed by atoms with Crippen LogP contribution in [0.15, 0.2) is 18.2 Å². The zero-order valence-electron chi connectivity index (χ0n) is 8.12. The van der Waals surface area contributed by atoms with E-state index in [1.165, 1.54) is 25.3 Å². The summed E-state index contributed by atoms with van der Waals surface area (Å²) < 4.78 is 17.8. The number of carbonyl (C=O) groups excluding carboxylic acids is 2. The van der Waals surface area contributed by atoms with E-state index in [4.69, 9.17) is 4.74 Å². The summed E-state index contributed by atoms with van der Waals surface area (Å²) in [6.07, 6.45) is 0.159. The van der Waals surface area contributed by atoms with Crippen molar-refractivity contribution in [3.8, 4) is 5.75 Å². The predicted molar refractivity (Wildman–Crippen MR) is 50.9 cm³/mol. The van der Waals surface area contributed by atoms with Crippen LogP contribution in [0.5, 0.6) is 5.75 Å². The molecule has 0 aliphatic carbocycles. The topological polar surface area (TPSA) is 55.4 Å². The van der Waals surface area contributed by atoms with Crippen LogP contribution in [0.2, 0.25) is 0 Å². The van der Waals surface area contributed by atoms with E-state index >= 15 is 0 Å². The van der Waals surface area contributed by atoms with Gasteiger partial charge in [-0.15, -0.1) is 0 Å². The summed E-state index contributed by atoms with van der Waals surface area (Å²) in [7, 11) is 1.44. The minimum Gasteiger partial charge on any atom is -0.496 e. The molecule has 0 atom stereocenters. The Balaban J connectivity index is 2.78. The van der Waals surface area contributed by atoms with Gasteiger partial charge in [0.25, 0.3) is 5.91 Å². The van der Waals surface area contributed by atoms with Gasteiger partial charge in [-0.1, -0.05) is 0 Å². The highest BCUT2D eigenvalue weighted by atomic mass is 19.1. The van der Waals surface area contributed by atoms with Gasteiger partial charge in [-0.05, 0) is 18.2 Å². The Bertz CT molecular complexity index is 379. The molecular formula is C10H10FNO3. The van der Waals surface area contributed by atoms with Crippen molar-refractivity contribution in [2.45, 2.75) is 6.54 Å². The fourth-order valence-electron chi connectivity index (χ4n) is 1.11. The number of aldehydes is 1.